The van der Waals surface area contributed by atoms with Crippen LogP contribution in [-0.2, 0) is 6.42 Å². The lowest BCUT2D eigenvalue weighted by atomic mass is 10.0. The number of aromatic nitrogens is 1. The molecule has 1 aromatic heterocycles. The predicted molar refractivity (Wildman–Crippen MR) is 172 cm³/mol. The molecule has 1 heterocycles. The highest BCUT2D eigenvalue weighted by Gasteiger charge is 2.21. The molecule has 0 radical (unpaired) electrons. The fourth-order valence-electron chi connectivity index (χ4n) is 3.64. The lowest BCUT2D eigenvalue weighted by Crippen LogP contribution is -2.12. The van der Waals surface area contributed by atoms with Crippen molar-refractivity contribution in [1.82, 2.24) is 4.98 Å². The number of pyridine rings is 1. The maximum Gasteiger partial charge on any atom is 0.161 e. The van der Waals surface area contributed by atoms with Gasteiger partial charge in [0.1, 0.15) is 5.30 Å². The second-order valence-corrected chi connectivity index (χ2v) is 9.96. The summed E-state index contributed by atoms with van der Waals surface area (Å²) in [5, 5.41) is 8.08. The van der Waals surface area contributed by atoms with Crippen molar-refractivity contribution < 1.29 is 10.00 Å². The third-order valence-corrected chi connectivity index (χ3v) is 7.32. The molecule has 0 amide bonds. The van der Waals surface area contributed by atoms with Crippen molar-refractivity contribution in [2.45, 2.75) is 54.4 Å². The van der Waals surface area contributed by atoms with Crippen LogP contribution in [0.5, 0.6) is 0 Å². The minimum Gasteiger partial charge on any atom is -0.400 e. The van der Waals surface area contributed by atoms with Gasteiger partial charge in [-0.25, -0.2) is 4.89 Å². The zero-order valence-electron chi connectivity index (χ0n) is 24.5. The molecule has 0 aliphatic heterocycles. The minimum atomic E-state index is -1.55. The molecule has 1 unspecified atom stereocenters. The van der Waals surface area contributed by atoms with Crippen molar-refractivity contribution in [3.8, 4) is 24.1 Å². The number of terminal acetylenes is 1. The van der Waals surface area contributed by atoms with E-state index in [1.54, 1.807) is 0 Å². The standard InChI is InChI=1S/C26H31N2OP.C2H6.C2H2.CH5N.CH4O/c1-5-30(29)25-17-22(10-6-7-11-23-19(3)9-8-12-24(23)27)28-26(20(25)4)21-15-13-18(2)14-16-21;4*1-2/h7-9,11-17,29H,5-6,10,27H2,1-4H3;1-2H3;1-2H;2H2,1H3;2H,1H3/p+1/b11-7+;;;;. The van der Waals surface area contributed by atoms with Crippen molar-refractivity contribution in [2.75, 3.05) is 26.1 Å². The van der Waals surface area contributed by atoms with Gasteiger partial charge in [-0.05, 0) is 64.8 Å². The molecule has 2 aromatic carbocycles. The van der Waals surface area contributed by atoms with Crippen molar-refractivity contribution in [1.29, 1.82) is 0 Å². The summed E-state index contributed by atoms with van der Waals surface area (Å²) in [6.45, 7) is 12.3. The van der Waals surface area contributed by atoms with Crippen molar-refractivity contribution in [2.24, 2.45) is 5.73 Å². The van der Waals surface area contributed by atoms with Gasteiger partial charge >= 0.3 is 0 Å². The quantitative estimate of drug-likeness (QED) is 0.165. The highest BCUT2D eigenvalue weighted by molar-refractivity contribution is 7.60. The van der Waals surface area contributed by atoms with Crippen LogP contribution < -0.4 is 16.8 Å². The second kappa shape index (κ2) is 22.0. The highest BCUT2D eigenvalue weighted by Crippen LogP contribution is 2.33. The molecule has 1 atom stereocenters. The number of hydrogen-bond donors (Lipinski definition) is 4. The minimum absolute atomic E-state index is 0.786. The van der Waals surface area contributed by atoms with Gasteiger partial charge in [-0.2, -0.15) is 0 Å². The Bertz CT molecular complexity index is 1070. The van der Waals surface area contributed by atoms with Gasteiger partial charge in [0.05, 0.1) is 11.9 Å². The Morgan fingerprint density at radius 2 is 1.55 bits per heavy atom. The van der Waals surface area contributed by atoms with Gasteiger partial charge in [0.2, 0.25) is 0 Å². The third-order valence-electron chi connectivity index (χ3n) is 5.51. The van der Waals surface area contributed by atoms with Gasteiger partial charge in [-0.15, -0.1) is 12.8 Å². The average molecular weight is 539 g/mol. The first-order chi connectivity index (χ1) is 18.4. The van der Waals surface area contributed by atoms with E-state index in [0.717, 1.165) is 65.2 Å². The van der Waals surface area contributed by atoms with Gasteiger partial charge in [0.25, 0.3) is 0 Å². The highest BCUT2D eigenvalue weighted by atomic mass is 31.1. The Morgan fingerprint density at radius 3 is 2.08 bits per heavy atom. The van der Waals surface area contributed by atoms with Gasteiger partial charge < -0.3 is 16.6 Å². The largest absolute Gasteiger partial charge is 0.400 e. The summed E-state index contributed by atoms with van der Waals surface area (Å²) < 4.78 is 0. The SMILES string of the molecule is C#C.CC.CC[PH+](O)c1cc(CC/C=C/c2c(C)cccc2N)nc(-c2ccc(C)cc2)c1C.CN.CO. The van der Waals surface area contributed by atoms with Crippen LogP contribution in [0.3, 0.4) is 0 Å². The first-order valence-corrected chi connectivity index (χ1v) is 14.6. The van der Waals surface area contributed by atoms with E-state index >= 15 is 0 Å². The van der Waals surface area contributed by atoms with Crippen LogP contribution in [0.25, 0.3) is 17.3 Å². The summed E-state index contributed by atoms with van der Waals surface area (Å²) in [5.41, 5.74) is 19.1. The predicted octanol–water partition coefficient (Wildman–Crippen LogP) is 6.13. The zero-order valence-corrected chi connectivity index (χ0v) is 25.5. The number of nitrogen functional groups attached to an aromatic ring is 1. The molecule has 0 bridgehead atoms. The molecule has 3 rings (SSSR count). The molecule has 208 valence electrons. The number of hydrogen-bond acceptors (Lipinski definition) is 5. The van der Waals surface area contributed by atoms with E-state index in [1.807, 2.05) is 26.0 Å². The molecule has 0 saturated heterocycles. The molecule has 0 aliphatic carbocycles. The van der Waals surface area contributed by atoms with Gasteiger partial charge in [-0.1, -0.05) is 68.0 Å². The number of aliphatic hydroxyl groups excluding tert-OH is 1. The third kappa shape index (κ3) is 11.6. The summed E-state index contributed by atoms with van der Waals surface area (Å²) in [5.74, 6) is 0. The number of nitrogens with zero attached hydrogens (tertiary/aromatic N) is 1. The zero-order chi connectivity index (χ0) is 29.7. The van der Waals surface area contributed by atoms with E-state index in [2.05, 4.69) is 94.8 Å². The Kier molecular flexibility index (Phi) is 21.5. The molecular formula is C32H49N3O2P+. The van der Waals surface area contributed by atoms with Crippen LogP contribution >= 0.6 is 8.15 Å². The van der Waals surface area contributed by atoms with Crippen LogP contribution in [-0.4, -0.2) is 35.3 Å². The van der Waals surface area contributed by atoms with Gasteiger partial charge in [0.15, 0.2) is 8.15 Å². The van der Waals surface area contributed by atoms with Gasteiger partial charge in [-0.3, -0.25) is 4.98 Å². The normalized spacial score (nSPS) is 10.3. The second-order valence-electron chi connectivity index (χ2n) is 7.82. The van der Waals surface area contributed by atoms with E-state index in [1.165, 1.54) is 18.2 Å². The first-order valence-electron chi connectivity index (χ1n) is 12.9. The fraction of sp³-hybridized carbons (Fsp3) is 0.344. The maximum atomic E-state index is 10.7. The number of anilines is 1. The molecule has 6 N–H and O–H groups in total. The topological polar surface area (TPSA) is 105 Å². The number of allylic oxidation sites excluding steroid dienone is 1. The molecule has 5 nitrogen and oxygen atoms in total. The number of aryl methyl sites for hydroxylation is 3. The molecule has 0 saturated carbocycles. The van der Waals surface area contributed by atoms with Crippen molar-refractivity contribution in [3.05, 3.63) is 82.6 Å². The summed E-state index contributed by atoms with van der Waals surface area (Å²) in [6, 6.07) is 16.6. The summed E-state index contributed by atoms with van der Waals surface area (Å²) in [4.78, 5) is 15.7. The van der Waals surface area contributed by atoms with Crippen LogP contribution in [0.1, 0.15) is 55.1 Å². The summed E-state index contributed by atoms with van der Waals surface area (Å²) >= 11 is 0. The lowest BCUT2D eigenvalue weighted by molar-refractivity contribution is 0.399. The average Bonchev–Trinajstić information content (AvgIpc) is 2.97. The smallest absolute Gasteiger partial charge is 0.161 e. The summed E-state index contributed by atoms with van der Waals surface area (Å²) in [7, 11) is 0.946. The molecule has 0 spiro atoms. The van der Waals surface area contributed by atoms with Crippen molar-refractivity contribution in [3.63, 3.8) is 0 Å². The van der Waals surface area contributed by atoms with Crippen LogP contribution in [0.2, 0.25) is 0 Å². The molecule has 0 fully saturated rings. The van der Waals surface area contributed by atoms with E-state index in [4.69, 9.17) is 15.8 Å². The Hall–Kier alpha value is -3.00. The Morgan fingerprint density at radius 1 is 0.974 bits per heavy atom. The maximum absolute atomic E-state index is 10.7. The molecule has 3 aromatic rings. The van der Waals surface area contributed by atoms with E-state index in [9.17, 15) is 4.89 Å². The first kappa shape index (κ1) is 37.2. The fourth-order valence-corrected chi connectivity index (χ4v) is 4.90. The summed E-state index contributed by atoms with van der Waals surface area (Å²) in [6.07, 6.45) is 14.8. The number of aliphatic hydroxyl groups is 1. The molecule has 0 aliphatic rings. The van der Waals surface area contributed by atoms with Crippen LogP contribution in [0.4, 0.5) is 5.69 Å². The van der Waals surface area contributed by atoms with Crippen LogP contribution in [0, 0.1) is 33.6 Å². The molecule has 6 heteroatoms. The molecule has 38 heavy (non-hydrogen) atoms. The van der Waals surface area contributed by atoms with E-state index in [0.29, 0.717) is 0 Å². The lowest BCUT2D eigenvalue weighted by Gasteiger charge is -2.13. The molecular weight excluding hydrogens is 489 g/mol. The van der Waals surface area contributed by atoms with E-state index in [-0.39, 0.29) is 0 Å². The van der Waals surface area contributed by atoms with Gasteiger partial charge in [0, 0.05) is 35.7 Å². The van der Waals surface area contributed by atoms with E-state index < -0.39 is 8.15 Å². The Labute approximate surface area is 232 Å². The number of benzene rings is 2. The van der Waals surface area contributed by atoms with Crippen LogP contribution in [0.15, 0.2) is 54.6 Å². The van der Waals surface area contributed by atoms with Crippen molar-refractivity contribution >= 4 is 25.2 Å². The monoisotopic (exact) mass is 538 g/mol. The Balaban J connectivity index is 0. The number of rotatable bonds is 7. The number of nitrogens with two attached hydrogens (primary N) is 2.